The lowest BCUT2D eigenvalue weighted by Gasteiger charge is -2.07. The van der Waals surface area contributed by atoms with Gasteiger partial charge in [-0.15, -0.1) is 0 Å². The minimum Gasteiger partial charge on any atom is -0.390 e. The molecule has 5 nitrogen and oxygen atoms in total. The standard InChI is InChI=1S/C13H16N2O3/c1-18-8-2-6-15-7-5-12-11(13(15)17)4-3-10(9-16)14-12/h3-5,7,16H,2,6,8-9H2,1H3. The van der Waals surface area contributed by atoms with Gasteiger partial charge in [0, 0.05) is 26.5 Å². The second-order valence-electron chi connectivity index (χ2n) is 4.05. The van der Waals surface area contributed by atoms with Gasteiger partial charge in [0.1, 0.15) is 0 Å². The minimum absolute atomic E-state index is 0.0550. The Morgan fingerprint density at radius 2 is 2.22 bits per heavy atom. The van der Waals surface area contributed by atoms with Gasteiger partial charge in [0.05, 0.1) is 23.2 Å². The molecular formula is C13H16N2O3. The fourth-order valence-corrected chi connectivity index (χ4v) is 1.85. The Bertz CT molecular complexity index is 592. The third-order valence-corrected chi connectivity index (χ3v) is 2.80. The third kappa shape index (κ3) is 2.57. The number of aryl methyl sites for hydroxylation is 1. The fourth-order valence-electron chi connectivity index (χ4n) is 1.85. The number of fused-ring (bicyclic) bond motifs is 1. The second-order valence-corrected chi connectivity index (χ2v) is 4.05. The smallest absolute Gasteiger partial charge is 0.259 e. The molecule has 0 amide bonds. The van der Waals surface area contributed by atoms with Gasteiger partial charge >= 0.3 is 0 Å². The predicted molar refractivity (Wildman–Crippen MR) is 68.4 cm³/mol. The number of rotatable bonds is 5. The molecule has 96 valence electrons. The van der Waals surface area contributed by atoms with E-state index in [2.05, 4.69) is 4.98 Å². The number of pyridine rings is 2. The highest BCUT2D eigenvalue weighted by Crippen LogP contribution is 2.08. The van der Waals surface area contributed by atoms with Crippen molar-refractivity contribution < 1.29 is 9.84 Å². The van der Waals surface area contributed by atoms with E-state index >= 15 is 0 Å². The van der Waals surface area contributed by atoms with Crippen molar-refractivity contribution in [2.75, 3.05) is 13.7 Å². The first-order valence-electron chi connectivity index (χ1n) is 5.85. The van der Waals surface area contributed by atoms with E-state index in [0.717, 1.165) is 6.42 Å². The van der Waals surface area contributed by atoms with Crippen LogP contribution < -0.4 is 5.56 Å². The topological polar surface area (TPSA) is 64.3 Å². The predicted octanol–water partition coefficient (Wildman–Crippen LogP) is 0.925. The Hall–Kier alpha value is -1.72. The normalized spacial score (nSPS) is 11.0. The van der Waals surface area contributed by atoms with Crippen LogP contribution in [0.1, 0.15) is 12.1 Å². The molecule has 2 aromatic heterocycles. The van der Waals surface area contributed by atoms with E-state index in [4.69, 9.17) is 9.84 Å². The van der Waals surface area contributed by atoms with Crippen LogP contribution >= 0.6 is 0 Å². The SMILES string of the molecule is COCCCn1ccc2nc(CO)ccc2c1=O. The van der Waals surface area contributed by atoms with Gasteiger partial charge < -0.3 is 14.4 Å². The van der Waals surface area contributed by atoms with Crippen LogP contribution in [0, 0.1) is 0 Å². The van der Waals surface area contributed by atoms with Gasteiger partial charge in [-0.3, -0.25) is 9.78 Å². The summed E-state index contributed by atoms with van der Waals surface area (Å²) in [6.45, 7) is 1.14. The number of aliphatic hydroxyl groups excluding tert-OH is 1. The first-order chi connectivity index (χ1) is 8.76. The molecule has 0 aliphatic heterocycles. The molecule has 0 aliphatic rings. The number of hydrogen-bond acceptors (Lipinski definition) is 4. The van der Waals surface area contributed by atoms with Crippen LogP contribution in [-0.4, -0.2) is 28.4 Å². The van der Waals surface area contributed by atoms with Crippen LogP contribution in [0.25, 0.3) is 10.9 Å². The molecule has 5 heteroatoms. The first kappa shape index (κ1) is 12.7. The molecule has 0 aliphatic carbocycles. The van der Waals surface area contributed by atoms with Crippen LogP contribution in [0.4, 0.5) is 0 Å². The molecule has 1 N–H and O–H groups in total. The van der Waals surface area contributed by atoms with Gasteiger partial charge in [-0.05, 0) is 24.6 Å². The Morgan fingerprint density at radius 3 is 2.94 bits per heavy atom. The summed E-state index contributed by atoms with van der Waals surface area (Å²) in [5.74, 6) is 0. The molecule has 0 saturated carbocycles. The summed E-state index contributed by atoms with van der Waals surface area (Å²) in [5.41, 5.74) is 1.13. The van der Waals surface area contributed by atoms with E-state index in [1.807, 2.05) is 0 Å². The summed E-state index contributed by atoms with van der Waals surface area (Å²) in [6, 6.07) is 5.18. The highest BCUT2D eigenvalue weighted by atomic mass is 16.5. The molecule has 2 heterocycles. The van der Waals surface area contributed by atoms with Crippen LogP contribution in [0.2, 0.25) is 0 Å². The van der Waals surface area contributed by atoms with Crippen molar-refractivity contribution in [1.29, 1.82) is 0 Å². The summed E-state index contributed by atoms with van der Waals surface area (Å²) < 4.78 is 6.62. The van der Waals surface area contributed by atoms with Crippen molar-refractivity contribution in [3.05, 3.63) is 40.4 Å². The average Bonchev–Trinajstić information content (AvgIpc) is 2.41. The Labute approximate surface area is 105 Å². The molecule has 0 fully saturated rings. The minimum atomic E-state index is -0.118. The molecule has 2 rings (SSSR count). The van der Waals surface area contributed by atoms with Gasteiger partial charge in [0.25, 0.3) is 5.56 Å². The molecule has 0 aromatic carbocycles. The highest BCUT2D eigenvalue weighted by Gasteiger charge is 2.04. The average molecular weight is 248 g/mol. The lowest BCUT2D eigenvalue weighted by Crippen LogP contribution is -2.20. The lowest BCUT2D eigenvalue weighted by molar-refractivity contribution is 0.190. The largest absolute Gasteiger partial charge is 0.390 e. The zero-order valence-electron chi connectivity index (χ0n) is 10.3. The number of aliphatic hydroxyl groups is 1. The Balaban J connectivity index is 2.35. The van der Waals surface area contributed by atoms with Gasteiger partial charge in [0.15, 0.2) is 0 Å². The van der Waals surface area contributed by atoms with Crippen LogP contribution in [-0.2, 0) is 17.9 Å². The van der Waals surface area contributed by atoms with Gasteiger partial charge in [-0.2, -0.15) is 0 Å². The zero-order valence-corrected chi connectivity index (χ0v) is 10.3. The summed E-state index contributed by atoms with van der Waals surface area (Å²) in [6.07, 6.45) is 2.53. The summed E-state index contributed by atoms with van der Waals surface area (Å²) in [4.78, 5) is 16.3. The third-order valence-electron chi connectivity index (χ3n) is 2.80. The van der Waals surface area contributed by atoms with Crippen molar-refractivity contribution in [3.63, 3.8) is 0 Å². The number of hydrogen-bond donors (Lipinski definition) is 1. The quantitative estimate of drug-likeness (QED) is 0.799. The van der Waals surface area contributed by atoms with Crippen molar-refractivity contribution in [2.45, 2.75) is 19.6 Å². The molecule has 2 aromatic rings. The van der Waals surface area contributed by atoms with E-state index in [1.165, 1.54) is 0 Å². The number of aromatic nitrogens is 2. The molecule has 0 bridgehead atoms. The first-order valence-corrected chi connectivity index (χ1v) is 5.85. The molecule has 0 unspecified atom stereocenters. The van der Waals surface area contributed by atoms with E-state index < -0.39 is 0 Å². The maximum absolute atomic E-state index is 12.1. The van der Waals surface area contributed by atoms with Crippen molar-refractivity contribution in [3.8, 4) is 0 Å². The Kier molecular flexibility index (Phi) is 4.07. The monoisotopic (exact) mass is 248 g/mol. The summed E-state index contributed by atoms with van der Waals surface area (Å²) in [7, 11) is 1.64. The van der Waals surface area contributed by atoms with Gasteiger partial charge in [0.2, 0.25) is 0 Å². The Morgan fingerprint density at radius 1 is 1.39 bits per heavy atom. The molecule has 0 spiro atoms. The van der Waals surface area contributed by atoms with Crippen molar-refractivity contribution in [2.24, 2.45) is 0 Å². The second kappa shape index (κ2) is 5.75. The van der Waals surface area contributed by atoms with E-state index in [-0.39, 0.29) is 12.2 Å². The number of ether oxygens (including phenoxy) is 1. The summed E-state index contributed by atoms with van der Waals surface area (Å²) >= 11 is 0. The summed E-state index contributed by atoms with van der Waals surface area (Å²) in [5, 5.41) is 9.58. The lowest BCUT2D eigenvalue weighted by atomic mass is 10.2. The van der Waals surface area contributed by atoms with E-state index in [1.54, 1.807) is 36.1 Å². The van der Waals surface area contributed by atoms with Crippen LogP contribution in [0.15, 0.2) is 29.2 Å². The van der Waals surface area contributed by atoms with Crippen molar-refractivity contribution >= 4 is 10.9 Å². The van der Waals surface area contributed by atoms with Crippen LogP contribution in [0.5, 0.6) is 0 Å². The van der Waals surface area contributed by atoms with Crippen molar-refractivity contribution in [1.82, 2.24) is 9.55 Å². The zero-order chi connectivity index (χ0) is 13.0. The number of nitrogens with zero attached hydrogens (tertiary/aromatic N) is 2. The van der Waals surface area contributed by atoms with Gasteiger partial charge in [-0.25, -0.2) is 0 Å². The highest BCUT2D eigenvalue weighted by molar-refractivity contribution is 5.77. The fraction of sp³-hybridized carbons (Fsp3) is 0.385. The molecular weight excluding hydrogens is 232 g/mol. The molecule has 0 radical (unpaired) electrons. The molecule has 0 atom stereocenters. The van der Waals surface area contributed by atoms with Crippen LogP contribution in [0.3, 0.4) is 0 Å². The maximum atomic E-state index is 12.1. The van der Waals surface area contributed by atoms with E-state index in [0.29, 0.717) is 29.7 Å². The molecule has 18 heavy (non-hydrogen) atoms. The van der Waals surface area contributed by atoms with E-state index in [9.17, 15) is 4.79 Å². The number of methoxy groups -OCH3 is 1. The molecule has 0 saturated heterocycles. The maximum Gasteiger partial charge on any atom is 0.259 e. The van der Waals surface area contributed by atoms with Gasteiger partial charge in [-0.1, -0.05) is 0 Å².